The van der Waals surface area contributed by atoms with Gasteiger partial charge in [0.1, 0.15) is 18.8 Å². The van der Waals surface area contributed by atoms with Gasteiger partial charge in [-0.25, -0.2) is 0 Å². The molecular formula is C22H34N2O11. The molecule has 0 aromatic rings. The molecule has 5 atom stereocenters. The van der Waals surface area contributed by atoms with Gasteiger partial charge in [-0.3, -0.25) is 24.0 Å². The van der Waals surface area contributed by atoms with Crippen molar-refractivity contribution in [3.63, 3.8) is 0 Å². The van der Waals surface area contributed by atoms with E-state index in [1.165, 1.54) is 25.7 Å². The van der Waals surface area contributed by atoms with Gasteiger partial charge in [-0.05, 0) is 6.92 Å². The van der Waals surface area contributed by atoms with Gasteiger partial charge in [-0.15, -0.1) is 0 Å². The Hall–Kier alpha value is -3.03. The van der Waals surface area contributed by atoms with E-state index in [1.54, 1.807) is 0 Å². The van der Waals surface area contributed by atoms with E-state index in [4.69, 9.17) is 28.8 Å². The lowest BCUT2D eigenvalue weighted by molar-refractivity contribution is -0.246. The summed E-state index contributed by atoms with van der Waals surface area (Å²) in [5.74, 6) is -3.24. The molecule has 0 aromatic carbocycles. The minimum absolute atomic E-state index is 0.00749. The van der Waals surface area contributed by atoms with Crippen LogP contribution in [0.25, 0.3) is 0 Å². The highest BCUT2D eigenvalue weighted by molar-refractivity contribution is 5.92. The largest absolute Gasteiger partial charge is 0.463 e. The zero-order valence-corrected chi connectivity index (χ0v) is 20.6. The van der Waals surface area contributed by atoms with Crippen molar-refractivity contribution in [1.82, 2.24) is 10.2 Å². The van der Waals surface area contributed by atoms with Crippen molar-refractivity contribution in [2.24, 2.45) is 0 Å². The molecule has 0 bridgehead atoms. The molecule has 35 heavy (non-hydrogen) atoms. The monoisotopic (exact) mass is 502 g/mol. The molecule has 1 aliphatic heterocycles. The summed E-state index contributed by atoms with van der Waals surface area (Å²) < 4.78 is 27.2. The van der Waals surface area contributed by atoms with Crippen molar-refractivity contribution in [2.75, 3.05) is 33.0 Å². The molecule has 2 N–H and O–H groups in total. The lowest BCUT2D eigenvalue weighted by Crippen LogP contribution is -2.70. The first kappa shape index (κ1) is 30.0. The number of carbonyl (C=O) groups excluding carboxylic acids is 5. The van der Waals surface area contributed by atoms with Gasteiger partial charge >= 0.3 is 17.9 Å². The Bertz CT molecular complexity index is 800. The maximum absolute atomic E-state index is 13.0. The Labute approximate surface area is 203 Å². The summed E-state index contributed by atoms with van der Waals surface area (Å²) in [5.41, 5.74) is 0.139. The summed E-state index contributed by atoms with van der Waals surface area (Å²) in [7, 11) is 0. The average molecular weight is 503 g/mol. The Morgan fingerprint density at radius 2 is 1.54 bits per heavy atom. The van der Waals surface area contributed by atoms with Gasteiger partial charge in [0.15, 0.2) is 18.4 Å². The van der Waals surface area contributed by atoms with Crippen LogP contribution in [-0.2, 0) is 47.7 Å². The van der Waals surface area contributed by atoms with Crippen molar-refractivity contribution < 1.29 is 52.8 Å². The number of rotatable bonds is 12. The molecule has 13 heteroatoms. The van der Waals surface area contributed by atoms with Crippen molar-refractivity contribution in [3.8, 4) is 0 Å². The van der Waals surface area contributed by atoms with Gasteiger partial charge < -0.3 is 39.0 Å². The second-order valence-electron chi connectivity index (χ2n) is 7.86. The Kier molecular flexibility index (Phi) is 12.3. The number of nitrogens with zero attached hydrogens (tertiary/aromatic N) is 1. The number of nitrogens with one attached hydrogen (secondary N) is 1. The van der Waals surface area contributed by atoms with Crippen LogP contribution in [0, 0.1) is 0 Å². The Balaban J connectivity index is 3.55. The molecule has 0 saturated carbocycles. The van der Waals surface area contributed by atoms with E-state index >= 15 is 0 Å². The summed E-state index contributed by atoms with van der Waals surface area (Å²) in [6, 6.07) is -1.18. The first-order chi connectivity index (χ1) is 16.4. The molecule has 0 aromatic heterocycles. The SMILES string of the molecule is C=C(C)C(=O)N(CCOCCO)[C@H]1O[C@H](COC(C)=O)[C@@H](OC(C)=O)[C@H](OC(C)=O)[C@H]1NC(C)=O. The van der Waals surface area contributed by atoms with Crippen LogP contribution in [-0.4, -0.2) is 103 Å². The number of aliphatic hydroxyl groups is 1. The minimum Gasteiger partial charge on any atom is -0.463 e. The van der Waals surface area contributed by atoms with Crippen LogP contribution in [0.2, 0.25) is 0 Å². The highest BCUT2D eigenvalue weighted by Gasteiger charge is 2.53. The van der Waals surface area contributed by atoms with E-state index in [0.29, 0.717) is 0 Å². The molecule has 0 radical (unpaired) electrons. The van der Waals surface area contributed by atoms with E-state index < -0.39 is 66.9 Å². The van der Waals surface area contributed by atoms with Crippen LogP contribution in [0.1, 0.15) is 34.6 Å². The molecule has 1 heterocycles. The molecule has 1 rings (SSSR count). The predicted octanol–water partition coefficient (Wildman–Crippen LogP) is -0.944. The van der Waals surface area contributed by atoms with E-state index in [0.717, 1.165) is 13.8 Å². The van der Waals surface area contributed by atoms with Crippen LogP contribution >= 0.6 is 0 Å². The first-order valence-corrected chi connectivity index (χ1v) is 10.9. The molecule has 1 saturated heterocycles. The van der Waals surface area contributed by atoms with Crippen molar-refractivity contribution in [2.45, 2.75) is 65.2 Å². The second kappa shape index (κ2) is 14.4. The molecule has 2 amide bonds. The third-order valence-electron chi connectivity index (χ3n) is 4.74. The molecule has 0 spiro atoms. The van der Waals surface area contributed by atoms with E-state index in [9.17, 15) is 24.0 Å². The molecule has 0 aliphatic carbocycles. The van der Waals surface area contributed by atoms with Gasteiger partial charge in [-0.1, -0.05) is 6.58 Å². The van der Waals surface area contributed by atoms with E-state index in [2.05, 4.69) is 11.9 Å². The normalized spacial score (nSPS) is 23.5. The second-order valence-corrected chi connectivity index (χ2v) is 7.86. The minimum atomic E-state index is -1.31. The standard InChI is InChI=1S/C22H34N2O11/c1-12(2)21(30)24(7-9-31-10-8-25)22-18(23-13(3)26)20(34-16(6)29)19(33-15(5)28)17(35-22)11-32-14(4)27/h17-20,22,25H,1,7-11H2,2-6H3,(H,23,26)/t17-,18-,19-,20-,22+/m1/s1. The molecule has 0 unspecified atom stereocenters. The summed E-state index contributed by atoms with van der Waals surface area (Å²) in [6.45, 7) is 9.10. The smallest absolute Gasteiger partial charge is 0.303 e. The van der Waals surface area contributed by atoms with Crippen molar-refractivity contribution >= 4 is 29.7 Å². The number of ether oxygens (including phenoxy) is 5. The number of esters is 3. The molecule has 198 valence electrons. The Morgan fingerprint density at radius 3 is 2.03 bits per heavy atom. The fraction of sp³-hybridized carbons (Fsp3) is 0.682. The van der Waals surface area contributed by atoms with E-state index in [1.807, 2.05) is 0 Å². The van der Waals surface area contributed by atoms with Gasteiger partial charge in [0, 0.05) is 39.8 Å². The number of hydrogen-bond acceptors (Lipinski definition) is 11. The van der Waals surface area contributed by atoms with Crippen LogP contribution in [0.5, 0.6) is 0 Å². The maximum atomic E-state index is 13.0. The summed E-state index contributed by atoms with van der Waals surface area (Å²) in [4.78, 5) is 61.6. The van der Waals surface area contributed by atoms with Crippen LogP contribution < -0.4 is 5.32 Å². The third kappa shape index (κ3) is 9.62. The fourth-order valence-electron chi connectivity index (χ4n) is 3.49. The fourth-order valence-corrected chi connectivity index (χ4v) is 3.49. The number of carbonyl (C=O) groups is 5. The zero-order valence-electron chi connectivity index (χ0n) is 20.6. The highest BCUT2D eigenvalue weighted by Crippen LogP contribution is 2.29. The van der Waals surface area contributed by atoms with Crippen LogP contribution in [0.3, 0.4) is 0 Å². The third-order valence-corrected chi connectivity index (χ3v) is 4.74. The maximum Gasteiger partial charge on any atom is 0.303 e. The van der Waals surface area contributed by atoms with Crippen molar-refractivity contribution in [1.29, 1.82) is 0 Å². The number of amides is 2. The van der Waals surface area contributed by atoms with Crippen LogP contribution in [0.4, 0.5) is 0 Å². The summed E-state index contributed by atoms with van der Waals surface area (Å²) in [6.07, 6.45) is -5.02. The van der Waals surface area contributed by atoms with Gasteiger partial charge in [0.25, 0.3) is 5.91 Å². The summed E-state index contributed by atoms with van der Waals surface area (Å²) in [5, 5.41) is 11.6. The molecule has 1 aliphatic rings. The number of hydrogen-bond donors (Lipinski definition) is 2. The quantitative estimate of drug-likeness (QED) is 0.146. The lowest BCUT2D eigenvalue weighted by atomic mass is 9.94. The highest BCUT2D eigenvalue weighted by atomic mass is 16.6. The molecule has 1 fully saturated rings. The zero-order chi connectivity index (χ0) is 26.7. The first-order valence-electron chi connectivity index (χ1n) is 10.9. The van der Waals surface area contributed by atoms with Crippen molar-refractivity contribution in [3.05, 3.63) is 12.2 Å². The summed E-state index contributed by atoms with van der Waals surface area (Å²) >= 11 is 0. The van der Waals surface area contributed by atoms with Gasteiger partial charge in [-0.2, -0.15) is 0 Å². The van der Waals surface area contributed by atoms with E-state index in [-0.39, 0.29) is 31.9 Å². The molecular weight excluding hydrogens is 468 g/mol. The van der Waals surface area contributed by atoms with Crippen LogP contribution in [0.15, 0.2) is 12.2 Å². The van der Waals surface area contributed by atoms with Gasteiger partial charge in [0.05, 0.1) is 19.8 Å². The average Bonchev–Trinajstić information content (AvgIpc) is 2.74. The Morgan fingerprint density at radius 1 is 0.943 bits per heavy atom. The molecule has 13 nitrogen and oxygen atoms in total. The predicted molar refractivity (Wildman–Crippen MR) is 118 cm³/mol. The lowest BCUT2D eigenvalue weighted by Gasteiger charge is -2.48. The number of aliphatic hydroxyl groups excluding tert-OH is 1. The topological polar surface area (TPSA) is 167 Å². The van der Waals surface area contributed by atoms with Gasteiger partial charge in [0.2, 0.25) is 5.91 Å².